The monoisotopic (exact) mass is 205 g/mol. The number of primary amides is 1. The molecule has 0 saturated heterocycles. The molecule has 76 valence electrons. The third-order valence-electron chi connectivity index (χ3n) is 1.66. The minimum atomic E-state index is -0.882. The van der Waals surface area contributed by atoms with Crippen LogP contribution in [0, 0.1) is 0 Å². The first-order valence-corrected chi connectivity index (χ1v) is 5.14. The van der Waals surface area contributed by atoms with Gasteiger partial charge in [0.1, 0.15) is 5.25 Å². The molecule has 0 aliphatic rings. The summed E-state index contributed by atoms with van der Waals surface area (Å²) in [6.45, 7) is 3.59. The smallest absolute Gasteiger partial charge is 0.316 e. The molecular weight excluding hydrogens is 190 g/mol. The zero-order chi connectivity index (χ0) is 10.4. The standard InChI is InChI=1S/C8H15NO3S/c1-3-5(7(9)10)13-6(4-2)8(11)12/h5-6H,3-4H2,1-2H3,(H2,9,10)(H,11,12). The van der Waals surface area contributed by atoms with E-state index in [0.717, 1.165) is 11.8 Å². The summed E-state index contributed by atoms with van der Waals surface area (Å²) in [4.78, 5) is 21.4. The van der Waals surface area contributed by atoms with Crippen molar-refractivity contribution in [1.82, 2.24) is 0 Å². The number of nitrogens with two attached hydrogens (primary N) is 1. The third kappa shape index (κ3) is 4.17. The highest BCUT2D eigenvalue weighted by Gasteiger charge is 2.23. The first-order chi connectivity index (χ1) is 6.02. The molecule has 0 bridgehead atoms. The summed E-state index contributed by atoms with van der Waals surface area (Å²) in [6.07, 6.45) is 1.08. The van der Waals surface area contributed by atoms with Crippen molar-refractivity contribution >= 4 is 23.6 Å². The van der Waals surface area contributed by atoms with Crippen LogP contribution in [0.5, 0.6) is 0 Å². The summed E-state index contributed by atoms with van der Waals surface area (Å²) in [5.74, 6) is -1.32. The van der Waals surface area contributed by atoms with Gasteiger partial charge < -0.3 is 10.8 Å². The number of amides is 1. The molecule has 0 radical (unpaired) electrons. The Kier molecular flexibility index (Phi) is 5.53. The molecule has 3 N–H and O–H groups in total. The van der Waals surface area contributed by atoms with Crippen molar-refractivity contribution in [3.8, 4) is 0 Å². The Morgan fingerprint density at radius 3 is 2.00 bits per heavy atom. The third-order valence-corrected chi connectivity index (χ3v) is 3.42. The number of aliphatic carboxylic acids is 1. The molecule has 0 aromatic heterocycles. The zero-order valence-corrected chi connectivity index (χ0v) is 8.63. The second kappa shape index (κ2) is 5.85. The first kappa shape index (κ1) is 12.3. The minimum Gasteiger partial charge on any atom is -0.480 e. The number of hydrogen-bond acceptors (Lipinski definition) is 3. The van der Waals surface area contributed by atoms with Crippen LogP contribution in [0.15, 0.2) is 0 Å². The van der Waals surface area contributed by atoms with Crippen molar-refractivity contribution in [2.45, 2.75) is 37.2 Å². The number of carbonyl (C=O) groups is 2. The van der Waals surface area contributed by atoms with Crippen molar-refractivity contribution in [3.05, 3.63) is 0 Å². The topological polar surface area (TPSA) is 80.4 Å². The van der Waals surface area contributed by atoms with Crippen molar-refractivity contribution in [2.75, 3.05) is 0 Å². The van der Waals surface area contributed by atoms with Gasteiger partial charge in [-0.25, -0.2) is 0 Å². The fraction of sp³-hybridized carbons (Fsp3) is 0.750. The molecule has 2 atom stereocenters. The Labute approximate surface area is 81.9 Å². The van der Waals surface area contributed by atoms with Crippen LogP contribution in [0.2, 0.25) is 0 Å². The van der Waals surface area contributed by atoms with Gasteiger partial charge in [0, 0.05) is 0 Å². The van der Waals surface area contributed by atoms with Crippen molar-refractivity contribution < 1.29 is 14.7 Å². The molecule has 4 nitrogen and oxygen atoms in total. The van der Waals surface area contributed by atoms with E-state index >= 15 is 0 Å². The molecule has 5 heteroatoms. The average Bonchev–Trinajstić information content (AvgIpc) is 2.05. The second-order valence-corrected chi connectivity index (χ2v) is 4.08. The number of carboxylic acids is 1. The lowest BCUT2D eigenvalue weighted by molar-refractivity contribution is -0.136. The average molecular weight is 205 g/mol. The van der Waals surface area contributed by atoms with Gasteiger partial charge >= 0.3 is 5.97 Å². The molecule has 0 aromatic rings. The molecule has 0 spiro atoms. The van der Waals surface area contributed by atoms with Gasteiger partial charge in [0.2, 0.25) is 5.91 Å². The van der Waals surface area contributed by atoms with Gasteiger partial charge in [-0.05, 0) is 12.8 Å². The van der Waals surface area contributed by atoms with Crippen molar-refractivity contribution in [2.24, 2.45) is 5.73 Å². The fourth-order valence-corrected chi connectivity index (χ4v) is 1.92. The van der Waals surface area contributed by atoms with E-state index in [9.17, 15) is 9.59 Å². The molecule has 2 unspecified atom stereocenters. The summed E-state index contributed by atoms with van der Waals surface area (Å²) in [6, 6.07) is 0. The molecule has 0 heterocycles. The van der Waals surface area contributed by atoms with Gasteiger partial charge in [-0.15, -0.1) is 11.8 Å². The summed E-state index contributed by atoms with van der Waals surface area (Å²) < 4.78 is 0. The predicted molar refractivity (Wildman–Crippen MR) is 52.6 cm³/mol. The van der Waals surface area contributed by atoms with Crippen LogP contribution in [-0.2, 0) is 9.59 Å². The first-order valence-electron chi connectivity index (χ1n) is 4.20. The van der Waals surface area contributed by atoms with Crippen LogP contribution in [0.3, 0.4) is 0 Å². The van der Waals surface area contributed by atoms with E-state index in [1.807, 2.05) is 6.92 Å². The summed E-state index contributed by atoms with van der Waals surface area (Å²) in [5, 5.41) is 7.81. The van der Waals surface area contributed by atoms with Crippen molar-refractivity contribution in [3.63, 3.8) is 0 Å². The molecule has 0 rings (SSSR count). The molecule has 0 fully saturated rings. The molecule has 0 aromatic carbocycles. The maximum Gasteiger partial charge on any atom is 0.316 e. The fourth-order valence-electron chi connectivity index (χ4n) is 0.892. The summed E-state index contributed by atoms with van der Waals surface area (Å²) in [5.41, 5.74) is 5.10. The number of hydrogen-bond donors (Lipinski definition) is 2. The van der Waals surface area contributed by atoms with Crippen LogP contribution in [0.4, 0.5) is 0 Å². The largest absolute Gasteiger partial charge is 0.480 e. The lowest BCUT2D eigenvalue weighted by Crippen LogP contribution is -2.29. The van der Waals surface area contributed by atoms with Crippen LogP contribution in [0.25, 0.3) is 0 Å². The van der Waals surface area contributed by atoms with Gasteiger partial charge in [0.15, 0.2) is 0 Å². The van der Waals surface area contributed by atoms with Gasteiger partial charge in [0.05, 0.1) is 5.25 Å². The lowest BCUT2D eigenvalue weighted by atomic mass is 10.3. The molecule has 0 saturated carbocycles. The lowest BCUT2D eigenvalue weighted by Gasteiger charge is -2.15. The zero-order valence-electron chi connectivity index (χ0n) is 7.82. The molecule has 13 heavy (non-hydrogen) atoms. The highest BCUT2D eigenvalue weighted by molar-refractivity contribution is 8.01. The van der Waals surface area contributed by atoms with E-state index in [2.05, 4.69) is 0 Å². The summed E-state index contributed by atoms with van der Waals surface area (Å²) in [7, 11) is 0. The van der Waals surface area contributed by atoms with Crippen molar-refractivity contribution in [1.29, 1.82) is 0 Å². The number of thioether (sulfide) groups is 1. The van der Waals surface area contributed by atoms with E-state index in [4.69, 9.17) is 10.8 Å². The second-order valence-electron chi connectivity index (χ2n) is 2.67. The quantitative estimate of drug-likeness (QED) is 0.673. The summed E-state index contributed by atoms with van der Waals surface area (Å²) >= 11 is 1.13. The van der Waals surface area contributed by atoms with E-state index in [1.54, 1.807) is 6.92 Å². The molecule has 0 aliphatic heterocycles. The molecule has 0 aliphatic carbocycles. The van der Waals surface area contributed by atoms with Gasteiger partial charge in [-0.2, -0.15) is 0 Å². The molecule has 1 amide bonds. The van der Waals surface area contributed by atoms with E-state index in [-0.39, 0.29) is 5.25 Å². The van der Waals surface area contributed by atoms with E-state index < -0.39 is 17.1 Å². The van der Waals surface area contributed by atoms with Crippen LogP contribution in [-0.4, -0.2) is 27.5 Å². The molecular formula is C8H15NO3S. The van der Waals surface area contributed by atoms with Crippen LogP contribution >= 0.6 is 11.8 Å². The Hall–Kier alpha value is -0.710. The maximum atomic E-state index is 10.8. The van der Waals surface area contributed by atoms with Gasteiger partial charge in [-0.1, -0.05) is 13.8 Å². The normalized spacial score (nSPS) is 14.9. The minimum absolute atomic E-state index is 0.388. The highest BCUT2D eigenvalue weighted by atomic mass is 32.2. The van der Waals surface area contributed by atoms with Crippen LogP contribution in [0.1, 0.15) is 26.7 Å². The number of rotatable bonds is 6. The van der Waals surface area contributed by atoms with Crippen LogP contribution < -0.4 is 5.73 Å². The van der Waals surface area contributed by atoms with Gasteiger partial charge in [-0.3, -0.25) is 9.59 Å². The van der Waals surface area contributed by atoms with E-state index in [0.29, 0.717) is 12.8 Å². The number of carbonyl (C=O) groups excluding carboxylic acids is 1. The Morgan fingerprint density at radius 1 is 1.31 bits per heavy atom. The Balaban J connectivity index is 4.19. The van der Waals surface area contributed by atoms with Gasteiger partial charge in [0.25, 0.3) is 0 Å². The Morgan fingerprint density at radius 2 is 1.77 bits per heavy atom. The Bertz CT molecular complexity index is 176. The highest BCUT2D eigenvalue weighted by Crippen LogP contribution is 2.22. The van der Waals surface area contributed by atoms with E-state index in [1.165, 1.54) is 0 Å². The SMILES string of the molecule is CCC(SC(CC)C(=O)O)C(N)=O. The predicted octanol–water partition coefficient (Wildman–Crippen LogP) is 0.847. The maximum absolute atomic E-state index is 10.8. The number of carboxylic acid groups (broad SMARTS) is 1.